The molecule has 18 heavy (non-hydrogen) atoms. The van der Waals surface area contributed by atoms with Gasteiger partial charge in [0.15, 0.2) is 5.78 Å². The monoisotopic (exact) mass is 247 g/mol. The second-order valence-electron chi connectivity index (χ2n) is 5.27. The molecule has 0 aliphatic heterocycles. The molecule has 1 aromatic carbocycles. The number of nitrogens with one attached hydrogen (secondary N) is 1. The molecule has 0 bridgehead atoms. The van der Waals surface area contributed by atoms with Crippen molar-refractivity contribution in [2.24, 2.45) is 5.92 Å². The van der Waals surface area contributed by atoms with Crippen LogP contribution in [0, 0.1) is 5.92 Å². The van der Waals surface area contributed by atoms with Crippen LogP contribution in [0.3, 0.4) is 0 Å². The molecule has 0 aliphatic rings. The van der Waals surface area contributed by atoms with E-state index in [0.717, 1.165) is 24.9 Å². The van der Waals surface area contributed by atoms with Gasteiger partial charge in [-0.05, 0) is 37.8 Å². The van der Waals surface area contributed by atoms with Gasteiger partial charge in [0.25, 0.3) is 0 Å². The lowest BCUT2D eigenvalue weighted by molar-refractivity contribution is 0.0950. The topological polar surface area (TPSA) is 29.1 Å². The maximum Gasteiger partial charge on any atom is 0.179 e. The average molecular weight is 247 g/mol. The van der Waals surface area contributed by atoms with E-state index in [0.29, 0.717) is 5.92 Å². The van der Waals surface area contributed by atoms with Gasteiger partial charge in [-0.15, -0.1) is 0 Å². The first-order valence-corrected chi connectivity index (χ1v) is 6.91. The molecule has 1 rings (SSSR count). The summed E-state index contributed by atoms with van der Waals surface area (Å²) in [7, 11) is 0. The van der Waals surface area contributed by atoms with Crippen molar-refractivity contribution in [1.82, 2.24) is 5.32 Å². The molecule has 1 aromatic rings. The highest BCUT2D eigenvalue weighted by Crippen LogP contribution is 2.08. The maximum absolute atomic E-state index is 12.2. The van der Waals surface area contributed by atoms with Gasteiger partial charge in [0.1, 0.15) is 0 Å². The molecule has 0 amide bonds. The van der Waals surface area contributed by atoms with Crippen molar-refractivity contribution in [2.75, 3.05) is 6.54 Å². The molecule has 1 atom stereocenters. The zero-order valence-corrected chi connectivity index (χ0v) is 12.0. The number of hydrogen-bond acceptors (Lipinski definition) is 2. The highest BCUT2D eigenvalue weighted by Gasteiger charge is 2.14. The number of hydrogen-bond donors (Lipinski definition) is 1. The predicted molar refractivity (Wildman–Crippen MR) is 77.1 cm³/mol. The second-order valence-corrected chi connectivity index (χ2v) is 5.27. The van der Waals surface area contributed by atoms with Crippen LogP contribution >= 0.6 is 0 Å². The van der Waals surface area contributed by atoms with Gasteiger partial charge in [-0.25, -0.2) is 0 Å². The van der Waals surface area contributed by atoms with Crippen molar-refractivity contribution in [2.45, 2.75) is 46.6 Å². The molecule has 1 unspecified atom stereocenters. The van der Waals surface area contributed by atoms with E-state index in [1.807, 2.05) is 31.2 Å². The summed E-state index contributed by atoms with van der Waals surface area (Å²) in [5.74, 6) is 0.852. The number of ketones is 1. The lowest BCUT2D eigenvalue weighted by Crippen LogP contribution is -2.35. The van der Waals surface area contributed by atoms with Gasteiger partial charge in [0.2, 0.25) is 0 Å². The fraction of sp³-hybridized carbons (Fsp3) is 0.562. The van der Waals surface area contributed by atoms with Crippen LogP contribution in [0.1, 0.15) is 50.0 Å². The number of benzene rings is 1. The SMILES string of the molecule is CCc1ccc(C(=O)C(C)NCCC(C)C)cc1. The maximum atomic E-state index is 12.2. The lowest BCUT2D eigenvalue weighted by atomic mass is 10.0. The van der Waals surface area contributed by atoms with E-state index < -0.39 is 0 Å². The van der Waals surface area contributed by atoms with Crippen LogP contribution in [0.4, 0.5) is 0 Å². The Morgan fingerprint density at radius 2 is 1.78 bits per heavy atom. The van der Waals surface area contributed by atoms with E-state index in [1.54, 1.807) is 0 Å². The highest BCUT2D eigenvalue weighted by atomic mass is 16.1. The smallest absolute Gasteiger partial charge is 0.179 e. The quantitative estimate of drug-likeness (QED) is 0.748. The zero-order chi connectivity index (χ0) is 13.5. The third kappa shape index (κ3) is 4.61. The number of rotatable bonds is 7. The normalized spacial score (nSPS) is 12.7. The van der Waals surface area contributed by atoms with Crippen LogP contribution in [-0.4, -0.2) is 18.4 Å². The Morgan fingerprint density at radius 1 is 1.17 bits per heavy atom. The first-order valence-electron chi connectivity index (χ1n) is 6.91. The van der Waals surface area contributed by atoms with E-state index >= 15 is 0 Å². The molecule has 0 fully saturated rings. The molecule has 0 aliphatic carbocycles. The Morgan fingerprint density at radius 3 is 2.28 bits per heavy atom. The molecule has 2 heteroatoms. The van der Waals surface area contributed by atoms with Gasteiger partial charge in [0, 0.05) is 5.56 Å². The van der Waals surface area contributed by atoms with Crippen molar-refractivity contribution in [3.05, 3.63) is 35.4 Å². The summed E-state index contributed by atoms with van der Waals surface area (Å²) in [6.07, 6.45) is 2.11. The Labute approximate surface area is 111 Å². The van der Waals surface area contributed by atoms with Gasteiger partial charge in [-0.2, -0.15) is 0 Å². The molecule has 0 heterocycles. The fourth-order valence-corrected chi connectivity index (χ4v) is 1.84. The summed E-state index contributed by atoms with van der Waals surface area (Å²) in [4.78, 5) is 12.2. The Hall–Kier alpha value is -1.15. The minimum Gasteiger partial charge on any atom is -0.307 e. The third-order valence-electron chi connectivity index (χ3n) is 3.21. The Bertz CT molecular complexity index is 367. The number of aryl methyl sites for hydroxylation is 1. The summed E-state index contributed by atoms with van der Waals surface area (Å²) >= 11 is 0. The van der Waals surface area contributed by atoms with E-state index in [-0.39, 0.29) is 11.8 Å². The van der Waals surface area contributed by atoms with E-state index in [4.69, 9.17) is 0 Å². The number of Topliss-reactive ketones (excluding diaryl/α,β-unsaturated/α-hetero) is 1. The largest absolute Gasteiger partial charge is 0.307 e. The number of carbonyl (C=O) groups excluding carboxylic acids is 1. The van der Waals surface area contributed by atoms with Crippen molar-refractivity contribution in [1.29, 1.82) is 0 Å². The van der Waals surface area contributed by atoms with Crippen LogP contribution in [0.5, 0.6) is 0 Å². The zero-order valence-electron chi connectivity index (χ0n) is 12.0. The summed E-state index contributed by atoms with van der Waals surface area (Å²) in [6, 6.07) is 7.84. The highest BCUT2D eigenvalue weighted by molar-refractivity contribution is 5.99. The molecular weight excluding hydrogens is 222 g/mol. The standard InChI is InChI=1S/C16H25NO/c1-5-14-6-8-15(9-7-14)16(18)13(4)17-11-10-12(2)3/h6-9,12-13,17H,5,10-11H2,1-4H3. The molecule has 2 nitrogen and oxygen atoms in total. The average Bonchev–Trinajstić information content (AvgIpc) is 2.37. The van der Waals surface area contributed by atoms with Gasteiger partial charge in [0.05, 0.1) is 6.04 Å². The summed E-state index contributed by atoms with van der Waals surface area (Å²) in [5, 5.41) is 3.29. The molecule has 0 aromatic heterocycles. The van der Waals surface area contributed by atoms with Gasteiger partial charge < -0.3 is 5.32 Å². The fourth-order valence-electron chi connectivity index (χ4n) is 1.84. The van der Waals surface area contributed by atoms with E-state index in [2.05, 4.69) is 26.1 Å². The van der Waals surface area contributed by atoms with Gasteiger partial charge in [-0.3, -0.25) is 4.79 Å². The molecule has 100 valence electrons. The molecule has 1 N–H and O–H groups in total. The minimum absolute atomic E-state index is 0.101. The van der Waals surface area contributed by atoms with Crippen molar-refractivity contribution in [3.63, 3.8) is 0 Å². The van der Waals surface area contributed by atoms with Crippen LogP contribution < -0.4 is 5.32 Å². The molecule has 0 spiro atoms. The Kier molecular flexibility index (Phi) is 6.06. The first-order chi connectivity index (χ1) is 8.54. The first kappa shape index (κ1) is 14.9. The summed E-state index contributed by atoms with van der Waals surface area (Å²) in [6.45, 7) is 9.34. The van der Waals surface area contributed by atoms with Gasteiger partial charge in [-0.1, -0.05) is 45.0 Å². The molecule has 0 saturated carbocycles. The number of carbonyl (C=O) groups is 1. The van der Waals surface area contributed by atoms with Crippen LogP contribution in [-0.2, 0) is 6.42 Å². The summed E-state index contributed by atoms with van der Waals surface area (Å²) < 4.78 is 0. The predicted octanol–water partition coefficient (Wildman–Crippen LogP) is 3.46. The van der Waals surface area contributed by atoms with Crippen LogP contribution in [0.2, 0.25) is 0 Å². The van der Waals surface area contributed by atoms with E-state index in [1.165, 1.54) is 5.56 Å². The van der Waals surface area contributed by atoms with Crippen molar-refractivity contribution in [3.8, 4) is 0 Å². The van der Waals surface area contributed by atoms with Crippen molar-refractivity contribution < 1.29 is 4.79 Å². The Balaban J connectivity index is 2.51. The van der Waals surface area contributed by atoms with Crippen LogP contribution in [0.25, 0.3) is 0 Å². The minimum atomic E-state index is -0.101. The summed E-state index contributed by atoms with van der Waals surface area (Å²) in [5.41, 5.74) is 2.07. The van der Waals surface area contributed by atoms with Gasteiger partial charge >= 0.3 is 0 Å². The molecular formula is C16H25NO. The lowest BCUT2D eigenvalue weighted by Gasteiger charge is -2.14. The third-order valence-corrected chi connectivity index (χ3v) is 3.21. The van der Waals surface area contributed by atoms with Crippen molar-refractivity contribution >= 4 is 5.78 Å². The van der Waals surface area contributed by atoms with Crippen LogP contribution in [0.15, 0.2) is 24.3 Å². The molecule has 0 radical (unpaired) electrons. The van der Waals surface area contributed by atoms with E-state index in [9.17, 15) is 4.79 Å². The second kappa shape index (κ2) is 7.32. The molecule has 0 saturated heterocycles.